The number of carbonyl (C=O) groups is 1. The van der Waals surface area contributed by atoms with Gasteiger partial charge in [0.15, 0.2) is 5.69 Å². The van der Waals surface area contributed by atoms with Crippen LogP contribution < -0.4 is 10.6 Å². The van der Waals surface area contributed by atoms with Gasteiger partial charge >= 0.3 is 0 Å². The summed E-state index contributed by atoms with van der Waals surface area (Å²) in [6.07, 6.45) is 7.78. The lowest BCUT2D eigenvalue weighted by atomic mass is 9.66. The van der Waals surface area contributed by atoms with Crippen LogP contribution in [0.2, 0.25) is 0 Å². The summed E-state index contributed by atoms with van der Waals surface area (Å²) in [6.45, 7) is 0.884. The molecule has 7 nitrogen and oxygen atoms in total. The lowest BCUT2D eigenvalue weighted by Crippen LogP contribution is -2.42. The van der Waals surface area contributed by atoms with E-state index in [4.69, 9.17) is 0 Å². The molecule has 4 rings (SSSR count). The van der Waals surface area contributed by atoms with Crippen LogP contribution in [0.4, 0.5) is 10.2 Å². The fourth-order valence-corrected chi connectivity index (χ4v) is 3.46. The third-order valence-corrected chi connectivity index (χ3v) is 5.25. The van der Waals surface area contributed by atoms with Gasteiger partial charge in [-0.1, -0.05) is 12.5 Å². The van der Waals surface area contributed by atoms with Gasteiger partial charge in [0.1, 0.15) is 11.6 Å². The van der Waals surface area contributed by atoms with Crippen molar-refractivity contribution in [3.8, 4) is 0 Å². The molecule has 0 bridgehead atoms. The van der Waals surface area contributed by atoms with E-state index in [1.54, 1.807) is 36.8 Å². The molecule has 0 unspecified atom stereocenters. The molecule has 1 saturated carbocycles. The zero-order valence-corrected chi connectivity index (χ0v) is 15.8. The SMILES string of the molecule is O=C(NCc1cccnc1)c1ccc(NCC2(c3ncccc3F)CCC2)nn1. The third kappa shape index (κ3) is 4.21. The van der Waals surface area contributed by atoms with Gasteiger partial charge in [-0.25, -0.2) is 4.39 Å². The number of nitrogens with one attached hydrogen (secondary N) is 2. The van der Waals surface area contributed by atoms with Gasteiger partial charge in [-0.05, 0) is 48.7 Å². The fourth-order valence-electron chi connectivity index (χ4n) is 3.46. The van der Waals surface area contributed by atoms with E-state index in [-0.39, 0.29) is 22.8 Å². The van der Waals surface area contributed by atoms with E-state index in [1.807, 2.05) is 12.1 Å². The molecule has 3 heterocycles. The molecule has 3 aromatic heterocycles. The first-order valence-corrected chi connectivity index (χ1v) is 9.52. The first-order valence-electron chi connectivity index (χ1n) is 9.52. The van der Waals surface area contributed by atoms with Gasteiger partial charge in [0.05, 0.1) is 5.69 Å². The molecular weight excluding hydrogens is 371 g/mol. The first kappa shape index (κ1) is 18.9. The van der Waals surface area contributed by atoms with Gasteiger partial charge in [-0.3, -0.25) is 14.8 Å². The van der Waals surface area contributed by atoms with Gasteiger partial charge in [0, 0.05) is 37.1 Å². The Balaban J connectivity index is 1.36. The lowest BCUT2D eigenvalue weighted by Gasteiger charge is -2.41. The van der Waals surface area contributed by atoms with E-state index in [2.05, 4.69) is 30.8 Å². The number of hydrogen-bond acceptors (Lipinski definition) is 6. The molecule has 0 aliphatic heterocycles. The van der Waals surface area contributed by atoms with Crippen LogP contribution in [0.15, 0.2) is 55.0 Å². The van der Waals surface area contributed by atoms with Crippen molar-refractivity contribution in [1.29, 1.82) is 0 Å². The van der Waals surface area contributed by atoms with Crippen LogP contribution in [0.1, 0.15) is 41.0 Å². The van der Waals surface area contributed by atoms with Crippen molar-refractivity contribution in [1.82, 2.24) is 25.5 Å². The predicted molar refractivity (Wildman–Crippen MR) is 106 cm³/mol. The molecule has 8 heteroatoms. The van der Waals surface area contributed by atoms with Crippen molar-refractivity contribution in [3.05, 3.63) is 77.8 Å². The van der Waals surface area contributed by atoms with Crippen molar-refractivity contribution < 1.29 is 9.18 Å². The van der Waals surface area contributed by atoms with Gasteiger partial charge < -0.3 is 10.6 Å². The summed E-state index contributed by atoms with van der Waals surface area (Å²) in [4.78, 5) is 20.5. The number of nitrogens with zero attached hydrogens (tertiary/aromatic N) is 4. The largest absolute Gasteiger partial charge is 0.368 e. The third-order valence-electron chi connectivity index (χ3n) is 5.25. The van der Waals surface area contributed by atoms with Crippen molar-refractivity contribution in [2.45, 2.75) is 31.2 Å². The zero-order valence-electron chi connectivity index (χ0n) is 15.8. The Labute approximate surface area is 167 Å². The number of halogens is 1. The summed E-state index contributed by atoms with van der Waals surface area (Å²) in [5.74, 6) is -0.0453. The van der Waals surface area contributed by atoms with Gasteiger partial charge in [-0.2, -0.15) is 0 Å². The number of pyridine rings is 2. The molecule has 0 radical (unpaired) electrons. The van der Waals surface area contributed by atoms with Crippen LogP contribution in [0.25, 0.3) is 0 Å². The molecule has 1 aliphatic carbocycles. The van der Waals surface area contributed by atoms with Crippen molar-refractivity contribution in [3.63, 3.8) is 0 Å². The number of anilines is 1. The highest BCUT2D eigenvalue weighted by Gasteiger charge is 2.41. The van der Waals surface area contributed by atoms with E-state index >= 15 is 0 Å². The molecular formula is C21H21FN6O. The molecule has 1 fully saturated rings. The lowest BCUT2D eigenvalue weighted by molar-refractivity contribution is 0.0945. The number of rotatable bonds is 7. The van der Waals surface area contributed by atoms with E-state index in [0.29, 0.717) is 24.6 Å². The molecule has 0 saturated heterocycles. The maximum absolute atomic E-state index is 14.2. The Morgan fingerprint density at radius 2 is 1.97 bits per heavy atom. The second kappa shape index (κ2) is 8.30. The topological polar surface area (TPSA) is 92.7 Å². The maximum Gasteiger partial charge on any atom is 0.272 e. The predicted octanol–water partition coefficient (Wildman–Crippen LogP) is 2.87. The highest BCUT2D eigenvalue weighted by atomic mass is 19.1. The molecule has 1 amide bonds. The molecule has 0 spiro atoms. The van der Waals surface area contributed by atoms with Crippen molar-refractivity contribution in [2.75, 3.05) is 11.9 Å². The quantitative estimate of drug-likeness (QED) is 0.642. The van der Waals surface area contributed by atoms with Gasteiger partial charge in [0.2, 0.25) is 0 Å². The number of hydrogen-bond donors (Lipinski definition) is 2. The van der Waals surface area contributed by atoms with Crippen molar-refractivity contribution >= 4 is 11.7 Å². The molecule has 148 valence electrons. The van der Waals surface area contributed by atoms with Crippen LogP contribution >= 0.6 is 0 Å². The number of amides is 1. The average molecular weight is 392 g/mol. The molecule has 29 heavy (non-hydrogen) atoms. The summed E-state index contributed by atoms with van der Waals surface area (Å²) in [6, 6.07) is 10.1. The van der Waals surface area contributed by atoms with Crippen LogP contribution in [-0.4, -0.2) is 32.6 Å². The van der Waals surface area contributed by atoms with Crippen LogP contribution in [0.3, 0.4) is 0 Å². The van der Waals surface area contributed by atoms with E-state index in [9.17, 15) is 9.18 Å². The maximum atomic E-state index is 14.2. The Morgan fingerprint density at radius 3 is 2.62 bits per heavy atom. The minimum absolute atomic E-state index is 0.230. The summed E-state index contributed by atoms with van der Waals surface area (Å²) < 4.78 is 14.2. The fraction of sp³-hybridized carbons (Fsp3) is 0.286. The molecule has 3 aromatic rings. The summed E-state index contributed by atoms with van der Waals surface area (Å²) in [5.41, 5.74) is 1.30. The monoisotopic (exact) mass is 392 g/mol. The highest BCUT2D eigenvalue weighted by molar-refractivity contribution is 5.92. The smallest absolute Gasteiger partial charge is 0.272 e. The zero-order chi connectivity index (χ0) is 20.1. The Bertz CT molecular complexity index is 976. The van der Waals surface area contributed by atoms with E-state index in [0.717, 1.165) is 24.8 Å². The molecule has 0 atom stereocenters. The summed E-state index contributed by atoms with van der Waals surface area (Å²) >= 11 is 0. The Morgan fingerprint density at radius 1 is 1.10 bits per heavy atom. The first-order chi connectivity index (χ1) is 14.2. The molecule has 2 N–H and O–H groups in total. The minimum Gasteiger partial charge on any atom is -0.368 e. The van der Waals surface area contributed by atoms with Crippen LogP contribution in [0.5, 0.6) is 0 Å². The number of carbonyl (C=O) groups excluding carboxylic acids is 1. The Kier molecular flexibility index (Phi) is 5.41. The molecule has 1 aliphatic rings. The summed E-state index contributed by atoms with van der Waals surface area (Å²) in [5, 5.41) is 14.1. The van der Waals surface area contributed by atoms with Gasteiger partial charge in [0.25, 0.3) is 5.91 Å². The normalized spacial score (nSPS) is 14.7. The van der Waals surface area contributed by atoms with Crippen molar-refractivity contribution in [2.24, 2.45) is 0 Å². The second-order valence-electron chi connectivity index (χ2n) is 7.17. The molecule has 0 aromatic carbocycles. The average Bonchev–Trinajstić information content (AvgIpc) is 2.73. The second-order valence-corrected chi connectivity index (χ2v) is 7.17. The standard InChI is InChI=1S/C21H21FN6O/c22-16-5-2-11-24-19(16)21(8-3-9-21)14-26-18-7-6-17(27-28-18)20(29)25-13-15-4-1-10-23-12-15/h1-2,4-7,10-12H,3,8-9,13-14H2,(H,25,29)(H,26,28). The van der Waals surface area contributed by atoms with E-state index in [1.165, 1.54) is 6.07 Å². The van der Waals surface area contributed by atoms with Gasteiger partial charge in [-0.15, -0.1) is 10.2 Å². The van der Waals surface area contributed by atoms with Crippen LogP contribution in [-0.2, 0) is 12.0 Å². The Hall–Kier alpha value is -3.42. The van der Waals surface area contributed by atoms with E-state index < -0.39 is 0 Å². The summed E-state index contributed by atoms with van der Waals surface area (Å²) in [7, 11) is 0. The number of aromatic nitrogens is 4. The van der Waals surface area contributed by atoms with Crippen LogP contribution in [0, 0.1) is 5.82 Å². The minimum atomic E-state index is -0.327. The highest BCUT2D eigenvalue weighted by Crippen LogP contribution is 2.43.